The van der Waals surface area contributed by atoms with Crippen molar-refractivity contribution in [3.63, 3.8) is 0 Å². The number of nitrogens with one attached hydrogen (secondary N) is 2. The molecule has 0 aliphatic heterocycles. The number of aromatic amines is 1. The van der Waals surface area contributed by atoms with E-state index in [9.17, 15) is 4.79 Å². The Labute approximate surface area is 116 Å². The van der Waals surface area contributed by atoms with Crippen LogP contribution in [0.25, 0.3) is 0 Å². The number of nitrogens with zero attached hydrogens (tertiary/aromatic N) is 2. The van der Waals surface area contributed by atoms with Gasteiger partial charge in [0.1, 0.15) is 0 Å². The minimum atomic E-state index is -0.191. The summed E-state index contributed by atoms with van der Waals surface area (Å²) in [6.07, 6.45) is 0. The van der Waals surface area contributed by atoms with E-state index in [0.29, 0.717) is 5.16 Å². The first-order valence-corrected chi connectivity index (χ1v) is 7.03. The van der Waals surface area contributed by atoms with Crippen molar-refractivity contribution in [3.8, 4) is 0 Å². The number of hydrogen-bond acceptors (Lipinski definition) is 4. The number of hydrogen-bond donors (Lipinski definition) is 2. The average Bonchev–Trinajstić information content (AvgIpc) is 2.71. The molecule has 0 bridgehead atoms. The highest BCUT2D eigenvalue weighted by Gasteiger charge is 2.08. The molecule has 2 aromatic rings. The van der Waals surface area contributed by atoms with Gasteiger partial charge in [-0.25, -0.2) is 9.89 Å². The Kier molecular flexibility index (Phi) is 4.44. The van der Waals surface area contributed by atoms with E-state index in [4.69, 9.17) is 0 Å². The van der Waals surface area contributed by atoms with Gasteiger partial charge in [-0.15, -0.1) is 5.10 Å². The van der Waals surface area contributed by atoms with Gasteiger partial charge in [0, 0.05) is 18.5 Å². The van der Waals surface area contributed by atoms with Crippen LogP contribution in [-0.2, 0) is 13.6 Å². The summed E-state index contributed by atoms with van der Waals surface area (Å²) in [7, 11) is 1.71. The van der Waals surface area contributed by atoms with Crippen molar-refractivity contribution < 1.29 is 0 Å². The van der Waals surface area contributed by atoms with Gasteiger partial charge in [0.25, 0.3) is 0 Å². The van der Waals surface area contributed by atoms with Gasteiger partial charge in [-0.2, -0.15) is 0 Å². The van der Waals surface area contributed by atoms with E-state index in [1.165, 1.54) is 27.5 Å². The quantitative estimate of drug-likeness (QED) is 0.873. The Hall–Kier alpha value is -1.53. The SMILES string of the molecule is CCNCc1ccc(Sc2n[nH]c(=O)n2C)c(C)c1. The van der Waals surface area contributed by atoms with Gasteiger partial charge in [0.05, 0.1) is 0 Å². The molecule has 0 fully saturated rings. The molecule has 1 aromatic carbocycles. The highest BCUT2D eigenvalue weighted by atomic mass is 32.2. The molecule has 6 heteroatoms. The van der Waals surface area contributed by atoms with Crippen LogP contribution in [0.5, 0.6) is 0 Å². The smallest absolute Gasteiger partial charge is 0.313 e. The Morgan fingerprint density at radius 1 is 1.47 bits per heavy atom. The van der Waals surface area contributed by atoms with Crippen LogP contribution >= 0.6 is 11.8 Å². The lowest BCUT2D eigenvalue weighted by atomic mass is 10.1. The predicted octanol–water partition coefficient (Wildman–Crippen LogP) is 1.68. The van der Waals surface area contributed by atoms with Crippen molar-refractivity contribution in [2.75, 3.05) is 6.54 Å². The maximum absolute atomic E-state index is 11.3. The second-order valence-corrected chi connectivity index (χ2v) is 5.36. The first-order chi connectivity index (χ1) is 9.11. The summed E-state index contributed by atoms with van der Waals surface area (Å²) in [5.74, 6) is 0. The summed E-state index contributed by atoms with van der Waals surface area (Å²) in [6.45, 7) is 6.01. The topological polar surface area (TPSA) is 62.7 Å². The summed E-state index contributed by atoms with van der Waals surface area (Å²) >= 11 is 1.49. The lowest BCUT2D eigenvalue weighted by molar-refractivity contribution is 0.725. The lowest BCUT2D eigenvalue weighted by Gasteiger charge is -2.08. The summed E-state index contributed by atoms with van der Waals surface area (Å²) in [6, 6.07) is 6.34. The largest absolute Gasteiger partial charge is 0.343 e. The van der Waals surface area contributed by atoms with E-state index in [0.717, 1.165) is 18.0 Å². The summed E-state index contributed by atoms with van der Waals surface area (Å²) in [5, 5.41) is 10.4. The van der Waals surface area contributed by atoms with Crippen molar-refractivity contribution in [1.82, 2.24) is 20.1 Å². The van der Waals surface area contributed by atoms with Crippen LogP contribution in [0.15, 0.2) is 33.0 Å². The number of aromatic nitrogens is 3. The minimum Gasteiger partial charge on any atom is -0.313 e. The molecule has 0 saturated carbocycles. The van der Waals surface area contributed by atoms with Gasteiger partial charge >= 0.3 is 5.69 Å². The molecule has 102 valence electrons. The van der Waals surface area contributed by atoms with E-state index in [-0.39, 0.29) is 5.69 Å². The molecule has 0 radical (unpaired) electrons. The van der Waals surface area contributed by atoms with Gasteiger partial charge in [-0.3, -0.25) is 4.57 Å². The first-order valence-electron chi connectivity index (χ1n) is 6.21. The fraction of sp³-hybridized carbons (Fsp3) is 0.385. The summed E-state index contributed by atoms with van der Waals surface area (Å²) in [5.41, 5.74) is 2.26. The Morgan fingerprint density at radius 3 is 2.84 bits per heavy atom. The Bertz CT molecular complexity index is 617. The van der Waals surface area contributed by atoms with E-state index >= 15 is 0 Å². The Morgan fingerprint density at radius 2 is 2.26 bits per heavy atom. The molecule has 2 N–H and O–H groups in total. The molecule has 1 heterocycles. The van der Waals surface area contributed by atoms with E-state index < -0.39 is 0 Å². The fourth-order valence-corrected chi connectivity index (χ4v) is 2.59. The van der Waals surface area contributed by atoms with Crippen molar-refractivity contribution in [3.05, 3.63) is 39.8 Å². The maximum Gasteiger partial charge on any atom is 0.343 e. The van der Waals surface area contributed by atoms with E-state index in [2.05, 4.69) is 47.6 Å². The van der Waals surface area contributed by atoms with Crippen LogP contribution in [0.3, 0.4) is 0 Å². The molecular weight excluding hydrogens is 260 g/mol. The summed E-state index contributed by atoms with van der Waals surface area (Å²) < 4.78 is 1.51. The molecule has 0 spiro atoms. The minimum absolute atomic E-state index is 0.191. The molecule has 19 heavy (non-hydrogen) atoms. The standard InChI is InChI=1S/C13H18N4OS/c1-4-14-8-10-5-6-11(9(2)7-10)19-13-16-15-12(18)17(13)3/h5-7,14H,4,8H2,1-3H3,(H,15,18). The number of aryl methyl sites for hydroxylation is 1. The van der Waals surface area contributed by atoms with Crippen molar-refractivity contribution in [2.45, 2.75) is 30.4 Å². The highest BCUT2D eigenvalue weighted by molar-refractivity contribution is 7.99. The van der Waals surface area contributed by atoms with E-state index in [1.807, 2.05) is 0 Å². The van der Waals surface area contributed by atoms with Crippen LogP contribution in [0, 0.1) is 6.92 Å². The lowest BCUT2D eigenvalue weighted by Crippen LogP contribution is -2.13. The van der Waals surface area contributed by atoms with Crippen LogP contribution in [0.1, 0.15) is 18.1 Å². The van der Waals surface area contributed by atoms with Gasteiger partial charge in [0.2, 0.25) is 0 Å². The zero-order chi connectivity index (χ0) is 13.8. The van der Waals surface area contributed by atoms with Gasteiger partial charge in [-0.1, -0.05) is 19.1 Å². The fourth-order valence-electron chi connectivity index (χ4n) is 1.73. The van der Waals surface area contributed by atoms with Gasteiger partial charge in [-0.05, 0) is 42.4 Å². The zero-order valence-corrected chi connectivity index (χ0v) is 12.2. The Balaban J connectivity index is 2.17. The second kappa shape index (κ2) is 6.08. The average molecular weight is 278 g/mol. The molecule has 5 nitrogen and oxygen atoms in total. The monoisotopic (exact) mass is 278 g/mol. The predicted molar refractivity (Wildman–Crippen MR) is 76.5 cm³/mol. The van der Waals surface area contributed by atoms with Crippen LogP contribution in [0.2, 0.25) is 0 Å². The third-order valence-electron chi connectivity index (χ3n) is 2.86. The van der Waals surface area contributed by atoms with Crippen LogP contribution in [-0.4, -0.2) is 21.3 Å². The van der Waals surface area contributed by atoms with Crippen molar-refractivity contribution >= 4 is 11.8 Å². The molecule has 0 aliphatic carbocycles. The first kappa shape index (κ1) is 13.9. The second-order valence-electron chi connectivity index (χ2n) is 4.35. The van der Waals surface area contributed by atoms with Crippen molar-refractivity contribution in [1.29, 1.82) is 0 Å². The molecule has 0 amide bonds. The molecular formula is C13H18N4OS. The van der Waals surface area contributed by atoms with Gasteiger partial charge in [0.15, 0.2) is 5.16 Å². The number of rotatable bonds is 5. The molecule has 2 rings (SSSR count). The van der Waals surface area contributed by atoms with Crippen molar-refractivity contribution in [2.24, 2.45) is 7.05 Å². The highest BCUT2D eigenvalue weighted by Crippen LogP contribution is 2.28. The van der Waals surface area contributed by atoms with Crippen LogP contribution < -0.4 is 11.0 Å². The van der Waals surface area contributed by atoms with Crippen LogP contribution in [0.4, 0.5) is 0 Å². The molecule has 0 saturated heterocycles. The zero-order valence-electron chi connectivity index (χ0n) is 11.4. The normalized spacial score (nSPS) is 10.9. The molecule has 0 aliphatic rings. The molecule has 0 atom stereocenters. The number of H-pyrrole nitrogens is 1. The third-order valence-corrected chi connectivity index (χ3v) is 4.08. The van der Waals surface area contributed by atoms with Gasteiger partial charge < -0.3 is 5.32 Å². The molecule has 1 aromatic heterocycles. The number of benzene rings is 1. The molecule has 0 unspecified atom stereocenters. The van der Waals surface area contributed by atoms with E-state index in [1.54, 1.807) is 7.05 Å². The third kappa shape index (κ3) is 3.27. The maximum atomic E-state index is 11.3. The summed E-state index contributed by atoms with van der Waals surface area (Å²) in [4.78, 5) is 12.4.